The summed E-state index contributed by atoms with van der Waals surface area (Å²) in [6.07, 6.45) is 2.02. The maximum Gasteiger partial charge on any atom is 0.356 e. The lowest BCUT2D eigenvalue weighted by Gasteiger charge is -2.05. The molecule has 0 radical (unpaired) electrons. The molecule has 1 aromatic rings. The molecule has 1 heterocycles. The summed E-state index contributed by atoms with van der Waals surface area (Å²) in [4.78, 5) is 25.3. The molecule has 0 aliphatic carbocycles. The van der Waals surface area contributed by atoms with E-state index in [-0.39, 0.29) is 11.6 Å². The third-order valence-electron chi connectivity index (χ3n) is 2.05. The predicted octanol–water partition coefficient (Wildman–Crippen LogP) is 1.46. The monoisotopic (exact) mass is 210 g/mol. The molecule has 5 heteroatoms. The largest absolute Gasteiger partial charge is 0.464 e. The third-order valence-corrected chi connectivity index (χ3v) is 2.05. The Hall–Kier alpha value is -1.78. The molecule has 5 nitrogen and oxygen atoms in total. The molecule has 2 N–H and O–H groups in total. The first-order valence-electron chi connectivity index (χ1n) is 4.66. The van der Waals surface area contributed by atoms with Crippen LogP contribution in [-0.2, 0) is 9.53 Å². The number of methoxy groups -OCH3 is 1. The molecular formula is C10H14N2O3. The molecule has 0 aliphatic rings. The summed E-state index contributed by atoms with van der Waals surface area (Å²) in [6, 6.07) is 0. The lowest BCUT2D eigenvalue weighted by molar-refractivity contribution is -0.115. The number of rotatable bonds is 3. The van der Waals surface area contributed by atoms with Crippen LogP contribution in [0.15, 0.2) is 6.20 Å². The highest BCUT2D eigenvalue weighted by Crippen LogP contribution is 2.20. The highest BCUT2D eigenvalue weighted by Gasteiger charge is 2.17. The first-order chi connectivity index (χ1) is 7.10. The van der Waals surface area contributed by atoms with E-state index in [4.69, 9.17) is 0 Å². The Morgan fingerprint density at radius 1 is 1.53 bits per heavy atom. The van der Waals surface area contributed by atoms with Crippen LogP contribution in [0.2, 0.25) is 0 Å². The fraction of sp³-hybridized carbons (Fsp3) is 0.400. The van der Waals surface area contributed by atoms with Crippen LogP contribution >= 0.6 is 0 Å². The quantitative estimate of drug-likeness (QED) is 0.742. The Morgan fingerprint density at radius 3 is 2.73 bits per heavy atom. The van der Waals surface area contributed by atoms with Gasteiger partial charge in [0.1, 0.15) is 5.69 Å². The maximum absolute atomic E-state index is 11.3. The molecule has 0 saturated heterocycles. The SMILES string of the molecule is CCC(=O)Nc1c(C)c[nH]c1C(=O)OC. The highest BCUT2D eigenvalue weighted by atomic mass is 16.5. The van der Waals surface area contributed by atoms with E-state index in [0.717, 1.165) is 5.56 Å². The number of aromatic nitrogens is 1. The van der Waals surface area contributed by atoms with E-state index in [1.165, 1.54) is 7.11 Å². The Bertz CT molecular complexity index is 382. The van der Waals surface area contributed by atoms with Crippen molar-refractivity contribution in [2.24, 2.45) is 0 Å². The number of aryl methyl sites for hydroxylation is 1. The molecule has 0 bridgehead atoms. The lowest BCUT2D eigenvalue weighted by Crippen LogP contribution is -2.13. The predicted molar refractivity (Wildman–Crippen MR) is 55.8 cm³/mol. The molecule has 0 saturated carbocycles. The summed E-state index contributed by atoms with van der Waals surface area (Å²) in [7, 11) is 1.30. The van der Waals surface area contributed by atoms with Crippen molar-refractivity contribution >= 4 is 17.6 Å². The number of nitrogens with one attached hydrogen (secondary N) is 2. The molecule has 0 aliphatic heterocycles. The topological polar surface area (TPSA) is 71.2 Å². The minimum atomic E-state index is -0.491. The van der Waals surface area contributed by atoms with Crippen LogP contribution in [0.1, 0.15) is 29.4 Å². The number of anilines is 1. The number of esters is 1. The van der Waals surface area contributed by atoms with Gasteiger partial charge in [-0.25, -0.2) is 4.79 Å². The second-order valence-corrected chi connectivity index (χ2v) is 3.11. The van der Waals surface area contributed by atoms with Gasteiger partial charge in [0.25, 0.3) is 0 Å². The molecule has 1 aromatic heterocycles. The molecule has 0 unspecified atom stereocenters. The maximum atomic E-state index is 11.3. The van der Waals surface area contributed by atoms with Crippen LogP contribution < -0.4 is 5.32 Å². The van der Waals surface area contributed by atoms with E-state index in [0.29, 0.717) is 12.1 Å². The van der Waals surface area contributed by atoms with E-state index in [1.54, 1.807) is 20.0 Å². The molecule has 0 spiro atoms. The van der Waals surface area contributed by atoms with E-state index in [9.17, 15) is 9.59 Å². The average molecular weight is 210 g/mol. The van der Waals surface area contributed by atoms with Crippen LogP contribution in [0.3, 0.4) is 0 Å². The van der Waals surface area contributed by atoms with Crippen molar-refractivity contribution in [1.82, 2.24) is 4.98 Å². The number of H-pyrrole nitrogens is 1. The zero-order valence-corrected chi connectivity index (χ0v) is 9.01. The third kappa shape index (κ3) is 2.37. The van der Waals surface area contributed by atoms with E-state index >= 15 is 0 Å². The summed E-state index contributed by atoms with van der Waals surface area (Å²) in [5.41, 5.74) is 1.57. The fourth-order valence-corrected chi connectivity index (χ4v) is 1.17. The Balaban J connectivity index is 2.99. The van der Waals surface area contributed by atoms with Crippen LogP contribution in [0.4, 0.5) is 5.69 Å². The minimum Gasteiger partial charge on any atom is -0.464 e. The number of hydrogen-bond donors (Lipinski definition) is 2. The van der Waals surface area contributed by atoms with E-state index < -0.39 is 5.97 Å². The Labute approximate surface area is 87.8 Å². The van der Waals surface area contributed by atoms with Crippen molar-refractivity contribution in [3.63, 3.8) is 0 Å². The average Bonchev–Trinajstić information content (AvgIpc) is 2.59. The van der Waals surface area contributed by atoms with Gasteiger partial charge in [0.2, 0.25) is 5.91 Å². The van der Waals surface area contributed by atoms with Crippen molar-refractivity contribution < 1.29 is 14.3 Å². The van der Waals surface area contributed by atoms with Gasteiger partial charge in [-0.1, -0.05) is 6.92 Å². The van der Waals surface area contributed by atoms with Crippen molar-refractivity contribution in [2.45, 2.75) is 20.3 Å². The van der Waals surface area contributed by atoms with Gasteiger partial charge in [0, 0.05) is 12.6 Å². The van der Waals surface area contributed by atoms with Gasteiger partial charge in [0.05, 0.1) is 12.8 Å². The number of hydrogen-bond acceptors (Lipinski definition) is 3. The van der Waals surface area contributed by atoms with E-state index in [1.807, 2.05) is 0 Å². The molecule has 0 aromatic carbocycles. The highest BCUT2D eigenvalue weighted by molar-refractivity contribution is 6.01. The molecule has 0 fully saturated rings. The minimum absolute atomic E-state index is 0.136. The number of amides is 1. The summed E-state index contributed by atoms with van der Waals surface area (Å²) >= 11 is 0. The van der Waals surface area contributed by atoms with E-state index in [2.05, 4.69) is 15.0 Å². The van der Waals surface area contributed by atoms with Crippen LogP contribution in [0, 0.1) is 6.92 Å². The molecule has 82 valence electrons. The second kappa shape index (κ2) is 4.63. The van der Waals surface area contributed by atoms with Crippen LogP contribution in [0.5, 0.6) is 0 Å². The van der Waals surface area contributed by atoms with Crippen LogP contribution in [-0.4, -0.2) is 24.0 Å². The van der Waals surface area contributed by atoms with Crippen molar-refractivity contribution in [2.75, 3.05) is 12.4 Å². The number of aromatic amines is 1. The summed E-state index contributed by atoms with van der Waals surface area (Å²) in [6.45, 7) is 3.54. The molecule has 0 atom stereocenters. The Morgan fingerprint density at radius 2 is 2.20 bits per heavy atom. The molecule has 15 heavy (non-hydrogen) atoms. The van der Waals surface area contributed by atoms with Crippen molar-refractivity contribution in [3.05, 3.63) is 17.5 Å². The second-order valence-electron chi connectivity index (χ2n) is 3.11. The zero-order valence-electron chi connectivity index (χ0n) is 9.01. The van der Waals surface area contributed by atoms with Crippen molar-refractivity contribution in [1.29, 1.82) is 0 Å². The van der Waals surface area contributed by atoms with Crippen molar-refractivity contribution in [3.8, 4) is 0 Å². The van der Waals surface area contributed by atoms with Gasteiger partial charge in [-0.2, -0.15) is 0 Å². The summed E-state index contributed by atoms with van der Waals surface area (Å²) in [5.74, 6) is -0.627. The van der Waals surface area contributed by atoms with Gasteiger partial charge < -0.3 is 15.0 Å². The summed E-state index contributed by atoms with van der Waals surface area (Å²) < 4.78 is 4.58. The standard InChI is InChI=1S/C10H14N2O3/c1-4-7(13)12-8-6(2)5-11-9(8)10(14)15-3/h5,11H,4H2,1-3H3,(H,12,13). The molecule has 1 amide bonds. The first kappa shape index (κ1) is 11.3. The smallest absolute Gasteiger partial charge is 0.356 e. The van der Waals surface area contributed by atoms with Gasteiger partial charge in [-0.05, 0) is 12.5 Å². The molecule has 1 rings (SSSR count). The lowest BCUT2D eigenvalue weighted by atomic mass is 10.2. The van der Waals surface area contributed by atoms with Crippen LogP contribution in [0.25, 0.3) is 0 Å². The number of carbonyl (C=O) groups is 2. The zero-order chi connectivity index (χ0) is 11.4. The van der Waals surface area contributed by atoms with Gasteiger partial charge in [0.15, 0.2) is 0 Å². The van der Waals surface area contributed by atoms with Gasteiger partial charge in [-0.3, -0.25) is 4.79 Å². The summed E-state index contributed by atoms with van der Waals surface area (Å²) in [5, 5.41) is 2.65. The number of carbonyl (C=O) groups excluding carboxylic acids is 2. The Kier molecular flexibility index (Phi) is 3.49. The normalized spacial score (nSPS) is 9.80. The van der Waals surface area contributed by atoms with Gasteiger partial charge >= 0.3 is 5.97 Å². The van der Waals surface area contributed by atoms with Gasteiger partial charge in [-0.15, -0.1) is 0 Å². The molecular weight excluding hydrogens is 196 g/mol. The number of ether oxygens (including phenoxy) is 1. The first-order valence-corrected chi connectivity index (χ1v) is 4.66. The fourth-order valence-electron chi connectivity index (χ4n) is 1.17.